The summed E-state index contributed by atoms with van der Waals surface area (Å²) in [6.45, 7) is 3.28. The van der Waals surface area contributed by atoms with Gasteiger partial charge >= 0.3 is 0 Å². The largest absolute Gasteiger partial charge is 0.494 e. The van der Waals surface area contributed by atoms with Crippen molar-refractivity contribution < 1.29 is 19.0 Å². The summed E-state index contributed by atoms with van der Waals surface area (Å²) in [6, 6.07) is 14.7. The third-order valence-electron chi connectivity index (χ3n) is 4.21. The zero-order valence-electron chi connectivity index (χ0n) is 15.7. The maximum Gasteiger partial charge on any atom is 0.262 e. The van der Waals surface area contributed by atoms with Gasteiger partial charge in [0.1, 0.15) is 17.4 Å². The van der Waals surface area contributed by atoms with Gasteiger partial charge in [0.15, 0.2) is 11.5 Å². The van der Waals surface area contributed by atoms with Gasteiger partial charge in [0.2, 0.25) is 6.79 Å². The van der Waals surface area contributed by atoms with Gasteiger partial charge in [-0.05, 0) is 47.9 Å². The van der Waals surface area contributed by atoms with Gasteiger partial charge in [-0.25, -0.2) is 0 Å². The van der Waals surface area contributed by atoms with E-state index in [1.165, 1.54) is 0 Å². The van der Waals surface area contributed by atoms with Gasteiger partial charge in [-0.1, -0.05) is 31.5 Å². The van der Waals surface area contributed by atoms with Crippen LogP contribution in [0.2, 0.25) is 0 Å². The molecular weight excluding hydrogens is 356 g/mol. The quantitative estimate of drug-likeness (QED) is 0.429. The van der Waals surface area contributed by atoms with Crippen LogP contribution in [0.5, 0.6) is 17.2 Å². The highest BCUT2D eigenvalue weighted by Gasteiger charge is 2.14. The fraction of sp³-hybridized carbons (Fsp3) is 0.273. The number of amides is 1. The van der Waals surface area contributed by atoms with Crippen molar-refractivity contribution in [2.45, 2.75) is 26.3 Å². The number of fused-ring (bicyclic) bond motifs is 1. The molecule has 0 spiro atoms. The normalized spacial score (nSPS) is 12.4. The molecule has 0 unspecified atom stereocenters. The fourth-order valence-electron chi connectivity index (χ4n) is 2.64. The molecule has 1 amide bonds. The van der Waals surface area contributed by atoms with Crippen LogP contribution < -0.4 is 19.5 Å². The molecule has 0 radical (unpaired) electrons. The van der Waals surface area contributed by atoms with Crippen molar-refractivity contribution in [1.82, 2.24) is 5.32 Å². The second-order valence-corrected chi connectivity index (χ2v) is 6.31. The molecule has 28 heavy (non-hydrogen) atoms. The van der Waals surface area contributed by atoms with Crippen molar-refractivity contribution in [2.24, 2.45) is 0 Å². The Kier molecular flexibility index (Phi) is 6.53. The molecule has 1 N–H and O–H groups in total. The van der Waals surface area contributed by atoms with E-state index in [1.54, 1.807) is 12.1 Å². The summed E-state index contributed by atoms with van der Waals surface area (Å²) < 4.78 is 16.2. The molecule has 0 bridgehead atoms. The van der Waals surface area contributed by atoms with E-state index in [0.29, 0.717) is 24.7 Å². The second kappa shape index (κ2) is 9.47. The number of hydrogen-bond acceptors (Lipinski definition) is 5. The molecule has 1 aliphatic heterocycles. The molecule has 0 saturated carbocycles. The first-order chi connectivity index (χ1) is 13.7. The Morgan fingerprint density at radius 2 is 2.00 bits per heavy atom. The lowest BCUT2D eigenvalue weighted by molar-refractivity contribution is -0.117. The molecule has 2 aromatic rings. The molecule has 2 aromatic carbocycles. The summed E-state index contributed by atoms with van der Waals surface area (Å²) in [5, 5.41) is 12.1. The van der Waals surface area contributed by atoms with Crippen molar-refractivity contribution in [2.75, 3.05) is 13.4 Å². The van der Waals surface area contributed by atoms with Gasteiger partial charge < -0.3 is 19.5 Å². The number of ether oxygens (including phenoxy) is 3. The summed E-state index contributed by atoms with van der Waals surface area (Å²) in [6.07, 6.45) is 3.64. The summed E-state index contributed by atoms with van der Waals surface area (Å²) in [5.41, 5.74) is 1.67. The Hall–Kier alpha value is -3.46. The van der Waals surface area contributed by atoms with Crippen molar-refractivity contribution >= 4 is 12.0 Å². The minimum atomic E-state index is -0.427. The first kappa shape index (κ1) is 19.3. The number of nitriles is 1. The molecular formula is C22H22N2O4. The van der Waals surface area contributed by atoms with Gasteiger partial charge in [-0.3, -0.25) is 4.79 Å². The van der Waals surface area contributed by atoms with E-state index >= 15 is 0 Å². The molecule has 0 aromatic heterocycles. The van der Waals surface area contributed by atoms with Crippen molar-refractivity contribution in [3.05, 3.63) is 59.2 Å². The van der Waals surface area contributed by atoms with Crippen molar-refractivity contribution in [1.29, 1.82) is 5.26 Å². The molecule has 1 heterocycles. The third kappa shape index (κ3) is 5.04. The monoisotopic (exact) mass is 378 g/mol. The van der Waals surface area contributed by atoms with Gasteiger partial charge in [0, 0.05) is 6.54 Å². The van der Waals surface area contributed by atoms with Crippen LogP contribution in [0.3, 0.4) is 0 Å². The number of hydrogen-bond donors (Lipinski definition) is 1. The van der Waals surface area contributed by atoms with E-state index in [-0.39, 0.29) is 12.4 Å². The fourth-order valence-corrected chi connectivity index (χ4v) is 2.64. The minimum absolute atomic E-state index is 0.0420. The van der Waals surface area contributed by atoms with Crippen LogP contribution in [0.4, 0.5) is 0 Å². The smallest absolute Gasteiger partial charge is 0.262 e. The van der Waals surface area contributed by atoms with E-state index in [4.69, 9.17) is 14.2 Å². The number of carbonyl (C=O) groups excluding carboxylic acids is 1. The van der Waals surface area contributed by atoms with Crippen molar-refractivity contribution in [3.8, 4) is 23.3 Å². The number of carbonyl (C=O) groups is 1. The number of nitrogens with zero attached hydrogens (tertiary/aromatic N) is 1. The van der Waals surface area contributed by atoms with E-state index in [1.807, 2.05) is 42.5 Å². The van der Waals surface area contributed by atoms with Crippen LogP contribution in [0.1, 0.15) is 30.9 Å². The van der Waals surface area contributed by atoms with Gasteiger partial charge in [0.05, 0.1) is 6.61 Å². The highest BCUT2D eigenvalue weighted by atomic mass is 16.7. The maximum atomic E-state index is 12.3. The number of nitrogens with one attached hydrogen (secondary N) is 1. The molecule has 0 saturated heterocycles. The van der Waals surface area contributed by atoms with E-state index in [0.717, 1.165) is 29.7 Å². The van der Waals surface area contributed by atoms with Gasteiger partial charge in [0.25, 0.3) is 5.91 Å². The molecule has 144 valence electrons. The number of unbranched alkanes of at least 4 members (excludes halogenated alkanes) is 1. The van der Waals surface area contributed by atoms with Gasteiger partial charge in [-0.15, -0.1) is 0 Å². The van der Waals surface area contributed by atoms with Crippen LogP contribution in [-0.4, -0.2) is 19.3 Å². The van der Waals surface area contributed by atoms with E-state index in [9.17, 15) is 10.1 Å². The van der Waals surface area contributed by atoms with Crippen LogP contribution in [0.15, 0.2) is 48.0 Å². The average Bonchev–Trinajstić information content (AvgIpc) is 3.19. The summed E-state index contributed by atoms with van der Waals surface area (Å²) in [5.74, 6) is 1.69. The zero-order valence-corrected chi connectivity index (χ0v) is 15.7. The Morgan fingerprint density at radius 1 is 1.21 bits per heavy atom. The molecule has 1 aliphatic rings. The highest BCUT2D eigenvalue weighted by molar-refractivity contribution is 6.01. The van der Waals surface area contributed by atoms with Crippen LogP contribution in [0, 0.1) is 11.3 Å². The highest BCUT2D eigenvalue weighted by Crippen LogP contribution is 2.32. The molecule has 6 nitrogen and oxygen atoms in total. The number of benzene rings is 2. The maximum absolute atomic E-state index is 12.3. The van der Waals surface area contributed by atoms with E-state index in [2.05, 4.69) is 12.2 Å². The predicted octanol–water partition coefficient (Wildman–Crippen LogP) is 3.82. The summed E-state index contributed by atoms with van der Waals surface area (Å²) in [7, 11) is 0. The SMILES string of the molecule is CCCCOc1ccc(/C=C(\C#N)C(=O)NCc2ccc3c(c2)OCO3)cc1. The first-order valence-corrected chi connectivity index (χ1v) is 9.21. The molecule has 0 aliphatic carbocycles. The minimum Gasteiger partial charge on any atom is -0.494 e. The predicted molar refractivity (Wildman–Crippen MR) is 105 cm³/mol. The summed E-state index contributed by atoms with van der Waals surface area (Å²) in [4.78, 5) is 12.3. The molecule has 0 atom stereocenters. The Morgan fingerprint density at radius 3 is 2.75 bits per heavy atom. The lowest BCUT2D eigenvalue weighted by atomic mass is 10.1. The second-order valence-electron chi connectivity index (χ2n) is 6.31. The molecule has 3 rings (SSSR count). The van der Waals surface area contributed by atoms with E-state index < -0.39 is 5.91 Å². The molecule has 0 fully saturated rings. The van der Waals surface area contributed by atoms with Crippen LogP contribution in [0.25, 0.3) is 6.08 Å². The lowest BCUT2D eigenvalue weighted by Crippen LogP contribution is -2.23. The van der Waals surface area contributed by atoms with Crippen LogP contribution >= 0.6 is 0 Å². The average molecular weight is 378 g/mol. The standard InChI is InChI=1S/C22H22N2O4/c1-2-3-10-26-19-7-4-16(5-8-19)11-18(13-23)22(25)24-14-17-6-9-20-21(12-17)28-15-27-20/h4-9,11-12H,2-3,10,14-15H2,1H3,(H,24,25)/b18-11+. The van der Waals surface area contributed by atoms with Gasteiger partial charge in [-0.2, -0.15) is 5.26 Å². The topological polar surface area (TPSA) is 80.6 Å². The number of rotatable bonds is 8. The summed E-state index contributed by atoms with van der Waals surface area (Å²) >= 11 is 0. The van der Waals surface area contributed by atoms with Crippen LogP contribution in [-0.2, 0) is 11.3 Å². The van der Waals surface area contributed by atoms with Crippen molar-refractivity contribution in [3.63, 3.8) is 0 Å². The Labute approximate surface area is 164 Å². The third-order valence-corrected chi connectivity index (χ3v) is 4.21. The lowest BCUT2D eigenvalue weighted by Gasteiger charge is -2.07. The Bertz CT molecular complexity index is 898. The first-order valence-electron chi connectivity index (χ1n) is 9.21. The molecule has 6 heteroatoms. The zero-order chi connectivity index (χ0) is 19.8. The Balaban J connectivity index is 1.59.